The van der Waals surface area contributed by atoms with Gasteiger partial charge in [-0.15, -0.1) is 0 Å². The molecule has 1 aliphatic rings. The average molecular weight is 498 g/mol. The fourth-order valence-electron chi connectivity index (χ4n) is 3.72. The van der Waals surface area contributed by atoms with Crippen LogP contribution in [0, 0.1) is 0 Å². The molecule has 7 nitrogen and oxygen atoms in total. The second-order valence-corrected chi connectivity index (χ2v) is 8.00. The number of hydrogen-bond acceptors (Lipinski definition) is 6. The Bertz CT molecular complexity index is 1200. The summed E-state index contributed by atoms with van der Waals surface area (Å²) in [6.45, 7) is 0.135. The number of rotatable bonds is 6. The fraction of sp³-hybridized carbons (Fsp3) is 0.167. The van der Waals surface area contributed by atoms with Gasteiger partial charge in [0.1, 0.15) is 29.1 Å². The van der Waals surface area contributed by atoms with Gasteiger partial charge in [-0.3, -0.25) is 9.59 Å². The second-order valence-electron chi connectivity index (χ2n) is 7.14. The molecule has 0 aliphatic carbocycles. The molecule has 0 radical (unpaired) electrons. The number of methoxy groups -OCH3 is 2. The first-order chi connectivity index (χ1) is 15.4. The molecular formula is C24H20BrNO6. The molecule has 1 aromatic heterocycles. The highest BCUT2D eigenvalue weighted by atomic mass is 79.9. The lowest BCUT2D eigenvalue weighted by molar-refractivity contribution is -0.140. The Kier molecular flexibility index (Phi) is 6.05. The molecule has 1 N–H and O–H groups in total. The Labute approximate surface area is 193 Å². The number of Topliss-reactive ketones (excluding diaryl/α,β-unsaturated/α-hetero) is 1. The number of aliphatic hydroxyl groups is 1. The highest BCUT2D eigenvalue weighted by Gasteiger charge is 2.47. The molecule has 2 aromatic carbocycles. The first kappa shape index (κ1) is 21.7. The molecule has 1 atom stereocenters. The smallest absolute Gasteiger partial charge is 0.296 e. The number of benzene rings is 2. The molecule has 3 aromatic rings. The number of carbonyl (C=O) groups excluding carboxylic acids is 2. The molecule has 1 fully saturated rings. The van der Waals surface area contributed by atoms with Gasteiger partial charge in [-0.1, -0.05) is 12.1 Å². The van der Waals surface area contributed by atoms with E-state index < -0.39 is 17.7 Å². The van der Waals surface area contributed by atoms with Crippen LogP contribution in [-0.4, -0.2) is 35.9 Å². The number of carbonyl (C=O) groups is 2. The maximum atomic E-state index is 13.0. The summed E-state index contributed by atoms with van der Waals surface area (Å²) >= 11 is 3.38. The van der Waals surface area contributed by atoms with Crippen molar-refractivity contribution in [2.75, 3.05) is 14.2 Å². The van der Waals surface area contributed by atoms with E-state index in [4.69, 9.17) is 13.9 Å². The molecule has 0 saturated carbocycles. The topological polar surface area (TPSA) is 89.2 Å². The van der Waals surface area contributed by atoms with Gasteiger partial charge in [0.15, 0.2) is 0 Å². The van der Waals surface area contributed by atoms with Gasteiger partial charge < -0.3 is 23.9 Å². The lowest BCUT2D eigenvalue weighted by atomic mass is 9.99. The van der Waals surface area contributed by atoms with Crippen molar-refractivity contribution in [1.82, 2.24) is 4.90 Å². The molecule has 1 amide bonds. The molecule has 0 bridgehead atoms. The van der Waals surface area contributed by atoms with Gasteiger partial charge in [0, 0.05) is 12.1 Å². The molecule has 1 aliphatic heterocycles. The summed E-state index contributed by atoms with van der Waals surface area (Å²) in [5.74, 6) is -0.205. The van der Waals surface area contributed by atoms with Gasteiger partial charge in [0.05, 0.1) is 30.5 Å². The fourth-order valence-corrected chi connectivity index (χ4v) is 4.26. The summed E-state index contributed by atoms with van der Waals surface area (Å²) in [5, 5.41) is 11.1. The Morgan fingerprint density at radius 2 is 1.91 bits per heavy atom. The minimum Gasteiger partial charge on any atom is -0.507 e. The van der Waals surface area contributed by atoms with Crippen molar-refractivity contribution in [3.63, 3.8) is 0 Å². The summed E-state index contributed by atoms with van der Waals surface area (Å²) < 4.78 is 16.6. The molecular weight excluding hydrogens is 478 g/mol. The number of likely N-dealkylation sites (tertiary alicyclic amines) is 1. The van der Waals surface area contributed by atoms with Gasteiger partial charge in [-0.25, -0.2) is 0 Å². The molecule has 2 heterocycles. The van der Waals surface area contributed by atoms with Crippen molar-refractivity contribution in [2.45, 2.75) is 12.6 Å². The standard InChI is InChI=1S/C24H20BrNO6/c1-30-16-6-3-5-14(11-16)13-26-21(19-7-4-10-32-19)20(23(28)24(26)29)22(27)15-8-9-18(31-2)17(25)12-15/h3-12,21,27H,13H2,1-2H3/b22-20-. The van der Waals surface area contributed by atoms with Crippen LogP contribution >= 0.6 is 15.9 Å². The minimum absolute atomic E-state index is 0.0371. The van der Waals surface area contributed by atoms with E-state index in [-0.39, 0.29) is 17.9 Å². The maximum Gasteiger partial charge on any atom is 0.296 e. The number of ketones is 1. The van der Waals surface area contributed by atoms with Crippen molar-refractivity contribution < 1.29 is 28.6 Å². The van der Waals surface area contributed by atoms with Crippen molar-refractivity contribution in [2.24, 2.45) is 0 Å². The number of aliphatic hydroxyl groups excluding tert-OH is 1. The Morgan fingerprint density at radius 1 is 1.09 bits per heavy atom. The van der Waals surface area contributed by atoms with Crippen LogP contribution < -0.4 is 9.47 Å². The van der Waals surface area contributed by atoms with E-state index in [2.05, 4.69) is 15.9 Å². The number of ether oxygens (including phenoxy) is 2. The number of furan rings is 1. The molecule has 164 valence electrons. The molecule has 0 spiro atoms. The first-order valence-electron chi connectivity index (χ1n) is 9.73. The van der Waals surface area contributed by atoms with Crippen LogP contribution in [0.5, 0.6) is 11.5 Å². The average Bonchev–Trinajstić information content (AvgIpc) is 3.41. The van der Waals surface area contributed by atoms with Crippen molar-refractivity contribution in [1.29, 1.82) is 0 Å². The Hall–Kier alpha value is -3.52. The molecule has 32 heavy (non-hydrogen) atoms. The zero-order valence-corrected chi connectivity index (χ0v) is 19.0. The van der Waals surface area contributed by atoms with Crippen molar-refractivity contribution >= 4 is 33.4 Å². The lowest BCUT2D eigenvalue weighted by Gasteiger charge is -2.23. The third-order valence-electron chi connectivity index (χ3n) is 5.26. The van der Waals surface area contributed by atoms with Crippen LogP contribution in [0.3, 0.4) is 0 Å². The molecule has 8 heteroatoms. The first-order valence-corrected chi connectivity index (χ1v) is 10.5. The summed E-state index contributed by atoms with van der Waals surface area (Å²) in [5.41, 5.74) is 1.11. The van der Waals surface area contributed by atoms with Gasteiger partial charge in [-0.2, -0.15) is 0 Å². The van der Waals surface area contributed by atoms with E-state index in [0.717, 1.165) is 5.56 Å². The molecule has 1 unspecified atom stereocenters. The number of amides is 1. The maximum absolute atomic E-state index is 13.0. The zero-order valence-electron chi connectivity index (χ0n) is 17.4. The van der Waals surface area contributed by atoms with E-state index in [1.807, 2.05) is 12.1 Å². The van der Waals surface area contributed by atoms with Gasteiger partial charge in [0.2, 0.25) is 0 Å². The minimum atomic E-state index is -0.878. The monoisotopic (exact) mass is 497 g/mol. The summed E-state index contributed by atoms with van der Waals surface area (Å²) in [7, 11) is 3.09. The van der Waals surface area contributed by atoms with E-state index in [1.165, 1.54) is 18.3 Å². The number of halogens is 1. The summed E-state index contributed by atoms with van der Waals surface area (Å²) in [4.78, 5) is 27.4. The SMILES string of the molecule is COc1cccc(CN2C(=O)C(=O)/C(=C(\O)c3ccc(OC)c(Br)c3)C2c2ccco2)c1. The second kappa shape index (κ2) is 8.92. The third-order valence-corrected chi connectivity index (χ3v) is 5.88. The predicted molar refractivity (Wildman–Crippen MR) is 120 cm³/mol. The van der Waals surface area contributed by atoms with Crippen LogP contribution in [0.4, 0.5) is 0 Å². The van der Waals surface area contributed by atoms with E-state index in [1.54, 1.807) is 49.6 Å². The van der Waals surface area contributed by atoms with Crippen LogP contribution in [0.25, 0.3) is 5.76 Å². The summed E-state index contributed by atoms with van der Waals surface area (Å²) in [6.07, 6.45) is 1.46. The van der Waals surface area contributed by atoms with Crippen molar-refractivity contribution in [3.8, 4) is 11.5 Å². The lowest BCUT2D eigenvalue weighted by Crippen LogP contribution is -2.29. The zero-order chi connectivity index (χ0) is 22.8. The normalized spacial score (nSPS) is 17.6. The van der Waals surface area contributed by atoms with E-state index >= 15 is 0 Å². The number of nitrogens with zero attached hydrogens (tertiary/aromatic N) is 1. The van der Waals surface area contributed by atoms with Crippen LogP contribution in [0.15, 0.2) is 75.3 Å². The largest absolute Gasteiger partial charge is 0.507 e. The highest BCUT2D eigenvalue weighted by molar-refractivity contribution is 9.10. The van der Waals surface area contributed by atoms with Gasteiger partial charge in [0.25, 0.3) is 11.7 Å². The quantitative estimate of drug-likeness (QED) is 0.302. The number of hydrogen-bond donors (Lipinski definition) is 1. The van der Waals surface area contributed by atoms with Gasteiger partial charge >= 0.3 is 0 Å². The Morgan fingerprint density at radius 3 is 2.56 bits per heavy atom. The van der Waals surface area contributed by atoms with Gasteiger partial charge in [-0.05, 0) is 64.0 Å². The Balaban J connectivity index is 1.81. The third kappa shape index (κ3) is 3.89. The summed E-state index contributed by atoms with van der Waals surface area (Å²) in [6, 6.07) is 14.6. The van der Waals surface area contributed by atoms with E-state index in [0.29, 0.717) is 27.3 Å². The molecule has 1 saturated heterocycles. The van der Waals surface area contributed by atoms with E-state index in [9.17, 15) is 14.7 Å². The predicted octanol–water partition coefficient (Wildman–Crippen LogP) is 4.68. The van der Waals surface area contributed by atoms with Crippen LogP contribution in [0.2, 0.25) is 0 Å². The van der Waals surface area contributed by atoms with Crippen molar-refractivity contribution in [3.05, 3.63) is 87.8 Å². The highest BCUT2D eigenvalue weighted by Crippen LogP contribution is 2.41. The van der Waals surface area contributed by atoms with Crippen LogP contribution in [0.1, 0.15) is 22.9 Å². The van der Waals surface area contributed by atoms with Crippen LogP contribution in [-0.2, 0) is 16.1 Å². The molecule has 4 rings (SSSR count).